The third kappa shape index (κ3) is 2.91. The van der Waals surface area contributed by atoms with Crippen LogP contribution in [0.4, 0.5) is 5.69 Å². The van der Waals surface area contributed by atoms with Crippen LogP contribution in [-0.4, -0.2) is 20.1 Å². The van der Waals surface area contributed by atoms with Crippen LogP contribution in [0.15, 0.2) is 60.7 Å². The second-order valence-corrected chi connectivity index (χ2v) is 7.41. The Morgan fingerprint density at radius 1 is 0.926 bits per heavy atom. The summed E-state index contributed by atoms with van der Waals surface area (Å²) in [5, 5.41) is 20.1. The number of aromatic hydroxyl groups is 1. The molecule has 4 rings (SSSR count). The minimum absolute atomic E-state index is 0.183. The van der Waals surface area contributed by atoms with E-state index in [2.05, 4.69) is 36.2 Å². The Bertz CT molecular complexity index is 1130. The molecule has 3 N–H and O–H groups in total. The van der Waals surface area contributed by atoms with E-state index in [1.807, 2.05) is 43.3 Å². The number of nitrogens with zero attached hydrogens (tertiary/aromatic N) is 3. The summed E-state index contributed by atoms with van der Waals surface area (Å²) in [5.74, 6) is 0.183. The van der Waals surface area contributed by atoms with Gasteiger partial charge in [-0.2, -0.15) is 0 Å². The fraction of sp³-hybridized carbons (Fsp3) is 0.182. The number of anilines is 1. The van der Waals surface area contributed by atoms with E-state index in [-0.39, 0.29) is 11.2 Å². The number of hydrogen-bond acceptors (Lipinski definition) is 4. The minimum Gasteiger partial charge on any atom is -0.505 e. The topological polar surface area (TPSA) is 77.0 Å². The van der Waals surface area contributed by atoms with Gasteiger partial charge >= 0.3 is 0 Å². The van der Waals surface area contributed by atoms with Crippen LogP contribution in [0.5, 0.6) is 5.75 Å². The molecule has 0 aliphatic carbocycles. The molecule has 5 heteroatoms. The number of benzene rings is 3. The Morgan fingerprint density at radius 2 is 1.63 bits per heavy atom. The first-order valence-electron chi connectivity index (χ1n) is 8.89. The molecule has 0 radical (unpaired) electrons. The quantitative estimate of drug-likeness (QED) is 0.534. The van der Waals surface area contributed by atoms with Crippen LogP contribution in [0.3, 0.4) is 0 Å². The summed E-state index contributed by atoms with van der Waals surface area (Å²) in [6.07, 6.45) is 0. The van der Waals surface area contributed by atoms with Crippen molar-refractivity contribution in [3.63, 3.8) is 0 Å². The molecule has 4 aromatic rings. The van der Waals surface area contributed by atoms with Crippen molar-refractivity contribution in [2.45, 2.75) is 26.2 Å². The van der Waals surface area contributed by atoms with Gasteiger partial charge in [-0.05, 0) is 42.3 Å². The smallest absolute Gasteiger partial charge is 0.147 e. The van der Waals surface area contributed by atoms with Gasteiger partial charge in [0.05, 0.1) is 0 Å². The van der Waals surface area contributed by atoms with Crippen molar-refractivity contribution in [1.29, 1.82) is 0 Å². The van der Waals surface area contributed by atoms with Gasteiger partial charge in [0.1, 0.15) is 22.5 Å². The zero-order valence-corrected chi connectivity index (χ0v) is 15.6. The highest BCUT2D eigenvalue weighted by Crippen LogP contribution is 2.40. The molecule has 0 amide bonds. The molecular formula is C22H22N4O. The molecule has 0 aliphatic rings. The molecule has 0 unspecified atom stereocenters. The fourth-order valence-electron chi connectivity index (χ4n) is 3.44. The van der Waals surface area contributed by atoms with Crippen LogP contribution < -0.4 is 5.73 Å². The summed E-state index contributed by atoms with van der Waals surface area (Å²) < 4.78 is 0. The maximum absolute atomic E-state index is 11.1. The average Bonchev–Trinajstić information content (AvgIpc) is 3.06. The Labute approximate surface area is 158 Å². The molecule has 0 fully saturated rings. The number of hydrogen-bond donors (Lipinski definition) is 2. The summed E-state index contributed by atoms with van der Waals surface area (Å²) >= 11 is 0. The van der Waals surface area contributed by atoms with Crippen molar-refractivity contribution in [2.24, 2.45) is 0 Å². The van der Waals surface area contributed by atoms with E-state index < -0.39 is 0 Å². The predicted molar refractivity (Wildman–Crippen MR) is 108 cm³/mol. The highest BCUT2D eigenvalue weighted by Gasteiger charge is 2.28. The Hall–Kier alpha value is -3.34. The van der Waals surface area contributed by atoms with E-state index in [0.29, 0.717) is 16.9 Å². The second-order valence-electron chi connectivity index (χ2n) is 7.41. The molecule has 0 saturated heterocycles. The molecular weight excluding hydrogens is 336 g/mol. The van der Waals surface area contributed by atoms with Crippen LogP contribution in [0.2, 0.25) is 0 Å². The number of aromatic nitrogens is 3. The van der Waals surface area contributed by atoms with Gasteiger partial charge in [0.25, 0.3) is 0 Å². The van der Waals surface area contributed by atoms with E-state index in [4.69, 9.17) is 5.73 Å². The van der Waals surface area contributed by atoms with Gasteiger partial charge in [-0.15, -0.1) is 15.0 Å². The van der Waals surface area contributed by atoms with Crippen LogP contribution in [0.1, 0.15) is 30.5 Å². The van der Waals surface area contributed by atoms with Crippen LogP contribution >= 0.6 is 0 Å². The van der Waals surface area contributed by atoms with Crippen molar-refractivity contribution in [3.05, 3.63) is 77.4 Å². The number of aryl methyl sites for hydroxylation is 1. The summed E-state index contributed by atoms with van der Waals surface area (Å²) in [6.45, 7) is 6.22. The van der Waals surface area contributed by atoms with Gasteiger partial charge in [0.2, 0.25) is 0 Å². The molecule has 27 heavy (non-hydrogen) atoms. The molecule has 0 atom stereocenters. The molecule has 0 spiro atoms. The van der Waals surface area contributed by atoms with Crippen molar-refractivity contribution < 1.29 is 5.11 Å². The van der Waals surface area contributed by atoms with E-state index >= 15 is 0 Å². The van der Waals surface area contributed by atoms with E-state index in [0.717, 1.165) is 22.2 Å². The zero-order valence-electron chi connectivity index (χ0n) is 15.6. The number of phenolic OH excluding ortho intramolecular Hbond substituents is 1. The van der Waals surface area contributed by atoms with Gasteiger partial charge in [0, 0.05) is 16.7 Å². The minimum atomic E-state index is -0.372. The van der Waals surface area contributed by atoms with Crippen molar-refractivity contribution in [3.8, 4) is 11.4 Å². The monoisotopic (exact) mass is 358 g/mol. The third-order valence-electron chi connectivity index (χ3n) is 5.02. The SMILES string of the molecule is Cc1cc(-n2nc3ccc(N)cc3n2)c(O)c(C(C)(C)c2ccccc2)c1. The Kier molecular flexibility index (Phi) is 3.88. The lowest BCUT2D eigenvalue weighted by Gasteiger charge is -2.28. The molecule has 5 nitrogen and oxygen atoms in total. The van der Waals surface area contributed by atoms with Gasteiger partial charge in [0.15, 0.2) is 0 Å². The number of nitrogens with two attached hydrogens (primary N) is 1. The van der Waals surface area contributed by atoms with E-state index in [9.17, 15) is 5.11 Å². The van der Waals surface area contributed by atoms with Gasteiger partial charge in [-0.25, -0.2) is 0 Å². The highest BCUT2D eigenvalue weighted by molar-refractivity contribution is 5.78. The highest BCUT2D eigenvalue weighted by atomic mass is 16.3. The second kappa shape index (κ2) is 6.13. The van der Waals surface area contributed by atoms with Crippen molar-refractivity contribution in [1.82, 2.24) is 15.0 Å². The molecule has 0 saturated carbocycles. The summed E-state index contributed by atoms with van der Waals surface area (Å²) in [7, 11) is 0. The molecule has 0 bridgehead atoms. The maximum atomic E-state index is 11.1. The van der Waals surface area contributed by atoms with Crippen LogP contribution in [0, 0.1) is 6.92 Å². The standard InChI is InChI=1S/C22H22N4O/c1-14-11-17(22(2,3)15-7-5-4-6-8-15)21(27)20(12-14)26-24-18-10-9-16(23)13-19(18)25-26/h4-13,27H,23H2,1-3H3. The molecule has 136 valence electrons. The van der Waals surface area contributed by atoms with Crippen molar-refractivity contribution in [2.75, 3.05) is 5.73 Å². The Balaban J connectivity index is 1.90. The molecule has 0 aliphatic heterocycles. The summed E-state index contributed by atoms with van der Waals surface area (Å²) in [6, 6.07) is 19.5. The number of fused-ring (bicyclic) bond motifs is 1. The summed E-state index contributed by atoms with van der Waals surface area (Å²) in [5.41, 5.74) is 11.1. The third-order valence-corrected chi connectivity index (χ3v) is 5.02. The lowest BCUT2D eigenvalue weighted by atomic mass is 9.77. The van der Waals surface area contributed by atoms with Crippen molar-refractivity contribution >= 4 is 16.7 Å². The van der Waals surface area contributed by atoms with Crippen LogP contribution in [-0.2, 0) is 5.41 Å². The van der Waals surface area contributed by atoms with Gasteiger partial charge < -0.3 is 10.8 Å². The maximum Gasteiger partial charge on any atom is 0.147 e. The molecule has 1 aromatic heterocycles. The largest absolute Gasteiger partial charge is 0.505 e. The first-order valence-corrected chi connectivity index (χ1v) is 8.89. The Morgan fingerprint density at radius 3 is 2.37 bits per heavy atom. The van der Waals surface area contributed by atoms with Crippen LogP contribution in [0.25, 0.3) is 16.7 Å². The predicted octanol–water partition coefficient (Wildman–Crippen LogP) is 4.34. The van der Waals surface area contributed by atoms with Gasteiger partial charge in [-0.3, -0.25) is 0 Å². The number of nitrogen functional groups attached to an aromatic ring is 1. The lowest BCUT2D eigenvalue weighted by molar-refractivity contribution is 0.446. The number of rotatable bonds is 3. The van der Waals surface area contributed by atoms with E-state index in [1.165, 1.54) is 4.80 Å². The molecule has 3 aromatic carbocycles. The van der Waals surface area contributed by atoms with Gasteiger partial charge in [-0.1, -0.05) is 50.2 Å². The van der Waals surface area contributed by atoms with E-state index in [1.54, 1.807) is 12.1 Å². The fourth-order valence-corrected chi connectivity index (χ4v) is 3.44. The lowest BCUT2D eigenvalue weighted by Crippen LogP contribution is -2.20. The average molecular weight is 358 g/mol. The first kappa shape index (κ1) is 17.1. The first-order chi connectivity index (χ1) is 12.9. The summed E-state index contributed by atoms with van der Waals surface area (Å²) in [4.78, 5) is 1.48. The number of phenols is 1. The zero-order chi connectivity index (χ0) is 19.2. The molecule has 1 heterocycles. The normalized spacial score (nSPS) is 11.8.